The van der Waals surface area contributed by atoms with E-state index >= 15 is 0 Å². The minimum atomic E-state index is -3.05. The lowest BCUT2D eigenvalue weighted by Gasteiger charge is -2.47. The maximum atomic E-state index is 11.4. The van der Waals surface area contributed by atoms with Gasteiger partial charge in [0.2, 0.25) is 0 Å². The van der Waals surface area contributed by atoms with Gasteiger partial charge in [0.25, 0.3) is 0 Å². The minimum Gasteiger partial charge on any atom is -0.480 e. The fourth-order valence-electron chi connectivity index (χ4n) is 3.59. The van der Waals surface area contributed by atoms with Gasteiger partial charge in [0.15, 0.2) is 0 Å². The molecule has 1 saturated heterocycles. The molecule has 0 aromatic heterocycles. The van der Waals surface area contributed by atoms with E-state index in [1.165, 1.54) is 12.7 Å². The van der Waals surface area contributed by atoms with Gasteiger partial charge >= 0.3 is 5.97 Å². The Hall–Kier alpha value is -0.620. The molecule has 0 amide bonds. The number of piperidine rings is 1. The van der Waals surface area contributed by atoms with Crippen LogP contribution in [0.4, 0.5) is 0 Å². The van der Waals surface area contributed by atoms with Gasteiger partial charge in [0.1, 0.15) is 15.9 Å². The molecule has 1 N–H and O–H groups in total. The molecule has 0 radical (unpaired) electrons. The summed E-state index contributed by atoms with van der Waals surface area (Å²) in [7, 11) is -3.05. The Morgan fingerprint density at radius 1 is 1.21 bits per heavy atom. The van der Waals surface area contributed by atoms with Crippen molar-refractivity contribution in [1.82, 2.24) is 4.90 Å². The van der Waals surface area contributed by atoms with Crippen LogP contribution in [0.15, 0.2) is 0 Å². The van der Waals surface area contributed by atoms with E-state index in [0.717, 1.165) is 25.7 Å². The summed E-state index contributed by atoms with van der Waals surface area (Å²) in [5.74, 6) is -0.193. The molecule has 1 heterocycles. The van der Waals surface area contributed by atoms with Gasteiger partial charge in [0, 0.05) is 18.8 Å². The Bertz CT molecular complexity index is 434. The fraction of sp³-hybridized carbons (Fsp3) is 0.923. The molecule has 3 atom stereocenters. The third-order valence-electron chi connectivity index (χ3n) is 4.51. The van der Waals surface area contributed by atoms with E-state index in [4.69, 9.17) is 0 Å². The van der Waals surface area contributed by atoms with Crippen LogP contribution in [0.1, 0.15) is 38.5 Å². The SMILES string of the molecule is CS(=O)(=O)CCN1C(C(=O)O)CCC2CCCCC21. The average molecular weight is 289 g/mol. The molecule has 1 aliphatic heterocycles. The second-order valence-corrected chi connectivity index (χ2v) is 8.17. The Labute approximate surface area is 114 Å². The monoisotopic (exact) mass is 289 g/mol. The molecule has 0 aromatic carbocycles. The molecule has 1 saturated carbocycles. The highest BCUT2D eigenvalue weighted by Gasteiger charge is 2.41. The zero-order chi connectivity index (χ0) is 14.0. The molecule has 5 nitrogen and oxygen atoms in total. The fourth-order valence-corrected chi connectivity index (χ4v) is 4.13. The first kappa shape index (κ1) is 14.8. The molecule has 2 rings (SSSR count). The van der Waals surface area contributed by atoms with Crippen LogP contribution >= 0.6 is 0 Å². The first-order valence-corrected chi connectivity index (χ1v) is 9.11. The molecule has 110 valence electrons. The van der Waals surface area contributed by atoms with Crippen molar-refractivity contribution in [3.8, 4) is 0 Å². The number of hydrogen-bond acceptors (Lipinski definition) is 4. The number of likely N-dealkylation sites (tertiary alicyclic amines) is 1. The largest absolute Gasteiger partial charge is 0.480 e. The second kappa shape index (κ2) is 5.79. The molecule has 1 aliphatic carbocycles. The van der Waals surface area contributed by atoms with E-state index in [9.17, 15) is 18.3 Å². The summed E-state index contributed by atoms with van der Waals surface area (Å²) >= 11 is 0. The van der Waals surface area contributed by atoms with E-state index in [1.54, 1.807) is 0 Å². The highest BCUT2D eigenvalue weighted by molar-refractivity contribution is 7.90. The van der Waals surface area contributed by atoms with E-state index in [0.29, 0.717) is 18.9 Å². The smallest absolute Gasteiger partial charge is 0.320 e. The molecular weight excluding hydrogens is 266 g/mol. The standard InChI is InChI=1S/C13H23NO4S/c1-19(17,18)9-8-14-11-5-3-2-4-10(11)6-7-12(14)13(15)16/h10-12H,2-9H2,1H3,(H,15,16). The molecule has 6 heteroatoms. The van der Waals surface area contributed by atoms with Gasteiger partial charge in [-0.2, -0.15) is 0 Å². The first-order chi connectivity index (χ1) is 8.88. The number of sulfone groups is 1. The quantitative estimate of drug-likeness (QED) is 0.840. The molecule has 0 spiro atoms. The number of hydrogen-bond donors (Lipinski definition) is 1. The molecule has 19 heavy (non-hydrogen) atoms. The Kier molecular flexibility index (Phi) is 4.50. The third kappa shape index (κ3) is 3.69. The van der Waals surface area contributed by atoms with Crippen molar-refractivity contribution in [1.29, 1.82) is 0 Å². The summed E-state index contributed by atoms with van der Waals surface area (Å²) in [6, 6.07) is -0.230. The van der Waals surface area contributed by atoms with Crippen molar-refractivity contribution >= 4 is 15.8 Å². The van der Waals surface area contributed by atoms with Crippen LogP contribution in [0.25, 0.3) is 0 Å². The van der Waals surface area contributed by atoms with Crippen molar-refractivity contribution in [3.05, 3.63) is 0 Å². The van der Waals surface area contributed by atoms with Crippen LogP contribution in [0.5, 0.6) is 0 Å². The molecule has 2 fully saturated rings. The third-order valence-corrected chi connectivity index (χ3v) is 5.44. The van der Waals surface area contributed by atoms with Gasteiger partial charge in [-0.15, -0.1) is 0 Å². The predicted octanol–water partition coefficient (Wildman–Crippen LogP) is 1.14. The number of nitrogens with zero attached hydrogens (tertiary/aromatic N) is 1. The number of carbonyl (C=O) groups is 1. The van der Waals surface area contributed by atoms with Crippen molar-refractivity contribution in [2.45, 2.75) is 50.6 Å². The Morgan fingerprint density at radius 2 is 1.89 bits per heavy atom. The summed E-state index contributed by atoms with van der Waals surface area (Å²) in [4.78, 5) is 13.3. The Morgan fingerprint density at radius 3 is 2.53 bits per heavy atom. The lowest BCUT2D eigenvalue weighted by molar-refractivity contribution is -0.147. The van der Waals surface area contributed by atoms with Gasteiger partial charge in [-0.3, -0.25) is 9.69 Å². The first-order valence-electron chi connectivity index (χ1n) is 7.05. The number of fused-ring (bicyclic) bond motifs is 1. The Balaban J connectivity index is 2.12. The molecule has 3 unspecified atom stereocenters. The van der Waals surface area contributed by atoms with Gasteiger partial charge < -0.3 is 5.11 Å². The summed E-state index contributed by atoms with van der Waals surface area (Å²) in [5.41, 5.74) is 0. The van der Waals surface area contributed by atoms with Crippen LogP contribution in [0.3, 0.4) is 0 Å². The summed E-state index contributed by atoms with van der Waals surface area (Å²) in [6.45, 7) is 0.358. The van der Waals surface area contributed by atoms with E-state index in [-0.39, 0.29) is 11.8 Å². The lowest BCUT2D eigenvalue weighted by atomic mass is 9.76. The normalized spacial score (nSPS) is 32.8. The lowest BCUT2D eigenvalue weighted by Crippen LogP contribution is -2.56. The molecular formula is C13H23NO4S. The van der Waals surface area contributed by atoms with Crippen LogP contribution in [-0.2, 0) is 14.6 Å². The second-order valence-electron chi connectivity index (χ2n) is 5.91. The number of rotatable bonds is 4. The predicted molar refractivity (Wildman–Crippen MR) is 72.8 cm³/mol. The van der Waals surface area contributed by atoms with Crippen LogP contribution in [-0.4, -0.2) is 55.0 Å². The van der Waals surface area contributed by atoms with Crippen LogP contribution in [0.2, 0.25) is 0 Å². The molecule has 0 bridgehead atoms. The van der Waals surface area contributed by atoms with E-state index < -0.39 is 21.8 Å². The molecule has 0 aromatic rings. The van der Waals surface area contributed by atoms with Crippen LogP contribution < -0.4 is 0 Å². The van der Waals surface area contributed by atoms with E-state index in [2.05, 4.69) is 0 Å². The average Bonchev–Trinajstić information content (AvgIpc) is 2.34. The highest BCUT2D eigenvalue weighted by Crippen LogP contribution is 2.37. The highest BCUT2D eigenvalue weighted by atomic mass is 32.2. The van der Waals surface area contributed by atoms with Gasteiger partial charge in [-0.05, 0) is 31.6 Å². The van der Waals surface area contributed by atoms with Crippen molar-refractivity contribution in [2.75, 3.05) is 18.6 Å². The summed E-state index contributed by atoms with van der Waals surface area (Å²) < 4.78 is 22.7. The topological polar surface area (TPSA) is 74.7 Å². The number of aliphatic carboxylic acids is 1. The minimum absolute atomic E-state index is 0.0556. The maximum absolute atomic E-state index is 11.4. The zero-order valence-corrected chi connectivity index (χ0v) is 12.2. The van der Waals surface area contributed by atoms with Crippen molar-refractivity contribution in [3.63, 3.8) is 0 Å². The van der Waals surface area contributed by atoms with E-state index in [1.807, 2.05) is 4.90 Å². The summed E-state index contributed by atoms with van der Waals surface area (Å²) in [5, 5.41) is 9.34. The molecule has 2 aliphatic rings. The van der Waals surface area contributed by atoms with Gasteiger partial charge in [-0.1, -0.05) is 12.8 Å². The number of carboxylic acid groups (broad SMARTS) is 1. The maximum Gasteiger partial charge on any atom is 0.320 e. The zero-order valence-electron chi connectivity index (χ0n) is 11.4. The summed E-state index contributed by atoms with van der Waals surface area (Å²) in [6.07, 6.45) is 7.36. The van der Waals surface area contributed by atoms with Crippen molar-refractivity contribution < 1.29 is 18.3 Å². The van der Waals surface area contributed by atoms with Gasteiger partial charge in [0.05, 0.1) is 5.75 Å². The van der Waals surface area contributed by atoms with Crippen LogP contribution in [0, 0.1) is 5.92 Å². The number of carboxylic acids is 1. The van der Waals surface area contributed by atoms with Gasteiger partial charge in [-0.25, -0.2) is 8.42 Å². The van der Waals surface area contributed by atoms with Crippen molar-refractivity contribution in [2.24, 2.45) is 5.92 Å².